The highest BCUT2D eigenvalue weighted by Gasteiger charge is 2.55. The van der Waals surface area contributed by atoms with Gasteiger partial charge in [0, 0.05) is 18.5 Å². The lowest BCUT2D eigenvalue weighted by Gasteiger charge is -2.22. The van der Waals surface area contributed by atoms with E-state index in [2.05, 4.69) is 4.74 Å². The zero-order chi connectivity index (χ0) is 21.5. The minimum Gasteiger partial charge on any atom is -0.449 e. The number of benzene rings is 1. The summed E-state index contributed by atoms with van der Waals surface area (Å²) in [5.74, 6) is 4.60. The SMILES string of the molecule is Cc1c(C2CCC3(C2)CN3N)c(F)c(N)c2c(=O)c(OC(=O)O)cn([C@@H]3C[C@@H]3F)c12. The highest BCUT2D eigenvalue weighted by molar-refractivity contribution is 5.95. The number of hydrogen-bond acceptors (Lipinski definition) is 6. The zero-order valence-electron chi connectivity index (χ0n) is 16.3. The molecule has 10 heteroatoms. The lowest BCUT2D eigenvalue weighted by molar-refractivity contribution is 0.143. The fraction of sp³-hybridized carbons (Fsp3) is 0.500. The van der Waals surface area contributed by atoms with Crippen LogP contribution in [0.15, 0.2) is 11.0 Å². The summed E-state index contributed by atoms with van der Waals surface area (Å²) < 4.78 is 35.5. The Morgan fingerprint density at radius 2 is 2.10 bits per heavy atom. The first-order valence-electron chi connectivity index (χ1n) is 9.88. The number of nitrogens with zero attached hydrogens (tertiary/aromatic N) is 2. The first kappa shape index (κ1) is 19.3. The van der Waals surface area contributed by atoms with Crippen LogP contribution in [0.2, 0.25) is 0 Å². The summed E-state index contributed by atoms with van der Waals surface area (Å²) in [6.45, 7) is 2.46. The van der Waals surface area contributed by atoms with Crippen molar-refractivity contribution in [1.82, 2.24) is 9.58 Å². The summed E-state index contributed by atoms with van der Waals surface area (Å²) >= 11 is 0. The van der Waals surface area contributed by atoms with E-state index < -0.39 is 35.4 Å². The van der Waals surface area contributed by atoms with Crippen molar-refractivity contribution in [3.63, 3.8) is 0 Å². The first-order chi connectivity index (χ1) is 14.1. The van der Waals surface area contributed by atoms with Gasteiger partial charge < -0.3 is 20.1 Å². The molecule has 0 radical (unpaired) electrons. The molecule has 0 bridgehead atoms. The van der Waals surface area contributed by atoms with E-state index in [1.54, 1.807) is 11.9 Å². The summed E-state index contributed by atoms with van der Waals surface area (Å²) in [5, 5.41) is 10.5. The Morgan fingerprint density at radius 3 is 2.63 bits per heavy atom. The molecule has 5 N–H and O–H groups in total. The van der Waals surface area contributed by atoms with Gasteiger partial charge in [0.2, 0.25) is 5.43 Å². The minimum atomic E-state index is -1.69. The summed E-state index contributed by atoms with van der Waals surface area (Å²) in [7, 11) is 0. The summed E-state index contributed by atoms with van der Waals surface area (Å²) in [6, 6.07) is -0.585. The lowest BCUT2D eigenvalue weighted by atomic mass is 9.89. The van der Waals surface area contributed by atoms with Crippen LogP contribution in [-0.4, -0.2) is 39.1 Å². The molecule has 2 aromatic rings. The molecule has 1 aliphatic heterocycles. The Kier molecular flexibility index (Phi) is 3.94. The number of aromatic nitrogens is 1. The number of carboxylic acid groups (broad SMARTS) is 1. The molecular weight excluding hydrogens is 398 g/mol. The van der Waals surface area contributed by atoms with Crippen LogP contribution in [0.3, 0.4) is 0 Å². The highest BCUT2D eigenvalue weighted by atomic mass is 19.1. The maximum absolute atomic E-state index is 15.5. The lowest BCUT2D eigenvalue weighted by Crippen LogP contribution is -2.21. The molecule has 0 amide bonds. The summed E-state index contributed by atoms with van der Waals surface area (Å²) in [6.07, 6.45) is 0.834. The second-order valence-electron chi connectivity index (χ2n) is 8.70. The monoisotopic (exact) mass is 420 g/mol. The van der Waals surface area contributed by atoms with Crippen LogP contribution in [0, 0.1) is 12.7 Å². The number of halogens is 2. The molecule has 5 atom stereocenters. The molecule has 3 aliphatic rings. The number of aryl methyl sites for hydroxylation is 1. The molecule has 30 heavy (non-hydrogen) atoms. The fourth-order valence-electron chi connectivity index (χ4n) is 5.18. The van der Waals surface area contributed by atoms with Gasteiger partial charge in [-0.05, 0) is 43.2 Å². The summed E-state index contributed by atoms with van der Waals surface area (Å²) in [4.78, 5) is 23.9. The third-order valence-corrected chi connectivity index (χ3v) is 6.90. The number of fused-ring (bicyclic) bond motifs is 1. The van der Waals surface area contributed by atoms with E-state index in [4.69, 9.17) is 16.7 Å². The number of ether oxygens (including phenoxy) is 1. The molecule has 1 aromatic heterocycles. The van der Waals surface area contributed by atoms with Crippen molar-refractivity contribution in [2.75, 3.05) is 12.3 Å². The van der Waals surface area contributed by atoms with Crippen molar-refractivity contribution in [3.8, 4) is 5.75 Å². The summed E-state index contributed by atoms with van der Waals surface area (Å²) in [5.41, 5.74) is 6.04. The Hall–Kier alpha value is -2.72. The smallest absolute Gasteiger partial charge is 0.449 e. The van der Waals surface area contributed by atoms with Crippen molar-refractivity contribution < 1.29 is 23.4 Å². The van der Waals surface area contributed by atoms with Crippen LogP contribution in [0.4, 0.5) is 19.3 Å². The Bertz CT molecular complexity index is 1170. The average molecular weight is 420 g/mol. The number of carbonyl (C=O) groups is 1. The van der Waals surface area contributed by atoms with Crippen LogP contribution < -0.4 is 21.7 Å². The zero-order valence-corrected chi connectivity index (χ0v) is 16.3. The standard InChI is InChI=1S/C20H22F2N4O4/c1-8-13(9-2-3-20(5-9)7-26(20)24)15(22)16(23)14-17(8)25(11-4-10(11)21)6-12(18(14)27)30-19(28)29/h6,9-11H,2-5,7,23-24H2,1H3,(H,28,29)/t9?,10-,11+,20?,26?/m0/s1. The van der Waals surface area contributed by atoms with Gasteiger partial charge in [-0.2, -0.15) is 0 Å². The van der Waals surface area contributed by atoms with Gasteiger partial charge in [-0.25, -0.2) is 18.6 Å². The van der Waals surface area contributed by atoms with Crippen LogP contribution in [-0.2, 0) is 0 Å². The van der Waals surface area contributed by atoms with Crippen molar-refractivity contribution in [2.45, 2.75) is 56.3 Å². The number of hydrazine groups is 1. The number of alkyl halides is 1. The van der Waals surface area contributed by atoms with Crippen molar-refractivity contribution in [2.24, 2.45) is 5.84 Å². The van der Waals surface area contributed by atoms with Gasteiger partial charge in [-0.1, -0.05) is 0 Å². The fourth-order valence-corrected chi connectivity index (χ4v) is 5.18. The van der Waals surface area contributed by atoms with E-state index in [1.807, 2.05) is 0 Å². The Morgan fingerprint density at radius 1 is 1.43 bits per heavy atom. The number of nitrogens with two attached hydrogens (primary N) is 2. The molecule has 5 rings (SSSR count). The quantitative estimate of drug-likeness (QED) is 0.302. The van der Waals surface area contributed by atoms with Crippen LogP contribution in [0.5, 0.6) is 5.75 Å². The van der Waals surface area contributed by atoms with Gasteiger partial charge in [-0.3, -0.25) is 10.6 Å². The molecule has 3 unspecified atom stereocenters. The minimum absolute atomic E-state index is 0.105. The first-order valence-corrected chi connectivity index (χ1v) is 9.88. The van der Waals surface area contributed by atoms with E-state index in [0.29, 0.717) is 23.1 Å². The number of rotatable bonds is 3. The topological polar surface area (TPSA) is 124 Å². The molecule has 1 saturated heterocycles. The van der Waals surface area contributed by atoms with Crippen molar-refractivity contribution in [1.29, 1.82) is 0 Å². The number of hydrogen-bond donors (Lipinski definition) is 3. The molecule has 2 saturated carbocycles. The third-order valence-electron chi connectivity index (χ3n) is 6.90. The van der Waals surface area contributed by atoms with Crippen molar-refractivity contribution in [3.05, 3.63) is 33.4 Å². The van der Waals surface area contributed by atoms with Gasteiger partial charge in [0.15, 0.2) is 11.6 Å². The molecule has 1 aromatic carbocycles. The molecule has 2 aliphatic carbocycles. The largest absolute Gasteiger partial charge is 0.511 e. The predicted molar refractivity (Wildman–Crippen MR) is 105 cm³/mol. The Balaban J connectivity index is 1.75. The molecular formula is C20H22F2N4O4. The van der Waals surface area contributed by atoms with Crippen molar-refractivity contribution >= 4 is 22.7 Å². The van der Waals surface area contributed by atoms with E-state index >= 15 is 4.39 Å². The van der Waals surface area contributed by atoms with E-state index in [-0.39, 0.29) is 29.0 Å². The van der Waals surface area contributed by atoms with Gasteiger partial charge in [0.1, 0.15) is 6.17 Å². The predicted octanol–water partition coefficient (Wildman–Crippen LogP) is 2.57. The van der Waals surface area contributed by atoms with Gasteiger partial charge in [0.05, 0.1) is 28.8 Å². The second kappa shape index (κ2) is 6.14. The third kappa shape index (κ3) is 2.63. The number of nitrogen functional groups attached to an aromatic ring is 1. The average Bonchev–Trinajstić information content (AvgIpc) is 3.49. The van der Waals surface area contributed by atoms with Gasteiger partial charge in [0.25, 0.3) is 0 Å². The molecule has 160 valence electrons. The number of pyridine rings is 1. The van der Waals surface area contributed by atoms with Crippen LogP contribution >= 0.6 is 0 Å². The second-order valence-corrected chi connectivity index (χ2v) is 8.70. The van der Waals surface area contributed by atoms with E-state index in [1.165, 1.54) is 10.8 Å². The molecule has 8 nitrogen and oxygen atoms in total. The van der Waals surface area contributed by atoms with Crippen LogP contribution in [0.25, 0.3) is 10.9 Å². The highest BCUT2D eigenvalue weighted by Crippen LogP contribution is 2.53. The Labute approximate surface area is 170 Å². The van der Waals surface area contributed by atoms with Gasteiger partial charge >= 0.3 is 6.16 Å². The van der Waals surface area contributed by atoms with E-state index in [9.17, 15) is 14.0 Å². The number of anilines is 1. The molecule has 1 spiro atoms. The van der Waals surface area contributed by atoms with Gasteiger partial charge in [-0.15, -0.1) is 0 Å². The maximum Gasteiger partial charge on any atom is 0.511 e. The molecule has 3 fully saturated rings. The molecule has 2 heterocycles. The van der Waals surface area contributed by atoms with E-state index in [0.717, 1.165) is 19.4 Å². The normalized spacial score (nSPS) is 32.0. The van der Waals surface area contributed by atoms with Crippen LogP contribution in [0.1, 0.15) is 48.8 Å². The maximum atomic E-state index is 15.5.